The number of anilines is 1. The van der Waals surface area contributed by atoms with Gasteiger partial charge in [0, 0.05) is 24.0 Å². The van der Waals surface area contributed by atoms with Gasteiger partial charge in [-0.2, -0.15) is 10.4 Å². The fourth-order valence-corrected chi connectivity index (χ4v) is 1.60. The van der Waals surface area contributed by atoms with Crippen molar-refractivity contribution in [3.63, 3.8) is 0 Å². The van der Waals surface area contributed by atoms with Gasteiger partial charge in [0.05, 0.1) is 12.3 Å². The van der Waals surface area contributed by atoms with Crippen LogP contribution in [-0.4, -0.2) is 9.78 Å². The van der Waals surface area contributed by atoms with Crippen molar-refractivity contribution in [3.05, 3.63) is 48.0 Å². The first kappa shape index (κ1) is 12.1. The molecule has 18 heavy (non-hydrogen) atoms. The van der Waals surface area contributed by atoms with Crippen LogP contribution in [0.2, 0.25) is 0 Å². The van der Waals surface area contributed by atoms with Crippen molar-refractivity contribution in [1.82, 2.24) is 9.78 Å². The van der Waals surface area contributed by atoms with E-state index in [2.05, 4.69) is 16.5 Å². The van der Waals surface area contributed by atoms with Gasteiger partial charge < -0.3 is 5.32 Å². The third-order valence-electron chi connectivity index (χ3n) is 2.59. The van der Waals surface area contributed by atoms with E-state index in [4.69, 9.17) is 5.26 Å². The Morgan fingerprint density at radius 1 is 1.44 bits per heavy atom. The zero-order valence-electron chi connectivity index (χ0n) is 9.97. The van der Waals surface area contributed by atoms with E-state index in [1.54, 1.807) is 23.0 Å². The lowest BCUT2D eigenvalue weighted by atomic mass is 10.1. The molecule has 1 N–H and O–H groups in total. The van der Waals surface area contributed by atoms with Crippen LogP contribution in [0.5, 0.6) is 0 Å². The van der Waals surface area contributed by atoms with E-state index in [1.165, 1.54) is 12.1 Å². The minimum atomic E-state index is -0.490. The largest absolute Gasteiger partial charge is 0.366 e. The van der Waals surface area contributed by atoms with Gasteiger partial charge in [0.1, 0.15) is 11.9 Å². The molecule has 1 unspecified atom stereocenters. The fourth-order valence-electron chi connectivity index (χ4n) is 1.60. The average molecular weight is 244 g/mol. The van der Waals surface area contributed by atoms with E-state index in [9.17, 15) is 4.39 Å². The Bertz CT molecular complexity index is 553. The van der Waals surface area contributed by atoms with E-state index in [0.29, 0.717) is 5.69 Å². The first-order valence-corrected chi connectivity index (χ1v) is 5.67. The van der Waals surface area contributed by atoms with Gasteiger partial charge in [-0.3, -0.25) is 4.68 Å². The van der Waals surface area contributed by atoms with Crippen LogP contribution < -0.4 is 5.32 Å². The highest BCUT2D eigenvalue weighted by Gasteiger charge is 2.12. The number of hydrogen-bond acceptors (Lipinski definition) is 3. The smallest absolute Gasteiger partial charge is 0.143 e. The van der Waals surface area contributed by atoms with Crippen LogP contribution in [0, 0.1) is 17.1 Å². The summed E-state index contributed by atoms with van der Waals surface area (Å²) in [5.41, 5.74) is 1.50. The summed E-state index contributed by atoms with van der Waals surface area (Å²) in [7, 11) is 0. The summed E-state index contributed by atoms with van der Waals surface area (Å²) in [5.74, 6) is -0.298. The molecule has 1 heterocycles. The minimum absolute atomic E-state index is 0.298. The molecular weight excluding hydrogens is 231 g/mol. The molecule has 1 aromatic heterocycles. The third kappa shape index (κ3) is 2.66. The highest BCUT2D eigenvalue weighted by molar-refractivity contribution is 5.46. The first-order valence-electron chi connectivity index (χ1n) is 5.67. The Hall–Kier alpha value is -2.35. The van der Waals surface area contributed by atoms with Crippen LogP contribution in [0.3, 0.4) is 0 Å². The lowest BCUT2D eigenvalue weighted by Crippen LogP contribution is -2.07. The predicted octanol–water partition coefficient (Wildman–Crippen LogP) is 2.72. The van der Waals surface area contributed by atoms with Gasteiger partial charge >= 0.3 is 0 Å². The fraction of sp³-hybridized carbons (Fsp3) is 0.231. The number of aromatic nitrogens is 2. The molecule has 0 amide bonds. The van der Waals surface area contributed by atoms with E-state index >= 15 is 0 Å². The van der Waals surface area contributed by atoms with E-state index in [0.717, 1.165) is 12.1 Å². The van der Waals surface area contributed by atoms with Crippen LogP contribution in [0.1, 0.15) is 18.5 Å². The second kappa shape index (κ2) is 5.32. The maximum Gasteiger partial charge on any atom is 0.143 e. The van der Waals surface area contributed by atoms with E-state index in [1.807, 2.05) is 13.1 Å². The van der Waals surface area contributed by atoms with Gasteiger partial charge in [-0.05, 0) is 31.2 Å². The molecule has 0 radical (unpaired) electrons. The standard InChI is InChI=1S/C13H13FN4/c1-2-18-9-10(8-16-18)13(7-15)17-12-5-3-11(14)4-6-12/h3-6,8-9,13,17H,2H2,1H3. The summed E-state index contributed by atoms with van der Waals surface area (Å²) in [6.45, 7) is 2.74. The molecule has 1 atom stereocenters. The number of halogens is 1. The molecule has 0 bridgehead atoms. The minimum Gasteiger partial charge on any atom is -0.366 e. The lowest BCUT2D eigenvalue weighted by Gasteiger charge is -2.10. The van der Waals surface area contributed by atoms with Crippen molar-refractivity contribution >= 4 is 5.69 Å². The Balaban J connectivity index is 2.14. The molecule has 4 nitrogen and oxygen atoms in total. The van der Waals surface area contributed by atoms with Crippen molar-refractivity contribution < 1.29 is 4.39 Å². The summed E-state index contributed by atoms with van der Waals surface area (Å²) < 4.78 is 14.5. The number of nitriles is 1. The third-order valence-corrected chi connectivity index (χ3v) is 2.59. The first-order chi connectivity index (χ1) is 8.72. The number of benzene rings is 1. The molecule has 1 aromatic carbocycles. The molecule has 0 aliphatic heterocycles. The summed E-state index contributed by atoms with van der Waals surface area (Å²) >= 11 is 0. The SMILES string of the molecule is CCn1cc(C(C#N)Nc2ccc(F)cc2)cn1. The Kier molecular flexibility index (Phi) is 3.58. The van der Waals surface area contributed by atoms with Crippen LogP contribution in [0.4, 0.5) is 10.1 Å². The van der Waals surface area contributed by atoms with Gasteiger partial charge in [-0.15, -0.1) is 0 Å². The zero-order chi connectivity index (χ0) is 13.0. The van der Waals surface area contributed by atoms with Crippen molar-refractivity contribution in [3.8, 4) is 6.07 Å². The summed E-state index contributed by atoms with van der Waals surface area (Å²) in [5, 5.41) is 16.3. The molecule has 2 rings (SSSR count). The topological polar surface area (TPSA) is 53.6 Å². The molecular formula is C13H13FN4. The van der Waals surface area contributed by atoms with Crippen molar-refractivity contribution in [2.45, 2.75) is 19.5 Å². The zero-order valence-corrected chi connectivity index (χ0v) is 9.97. The summed E-state index contributed by atoms with van der Waals surface area (Å²) in [6, 6.07) is 7.58. The monoisotopic (exact) mass is 244 g/mol. The normalized spacial score (nSPS) is 11.8. The van der Waals surface area contributed by atoms with Crippen LogP contribution in [0.15, 0.2) is 36.7 Å². The maximum atomic E-state index is 12.8. The molecule has 92 valence electrons. The van der Waals surface area contributed by atoms with Crippen molar-refractivity contribution in [1.29, 1.82) is 5.26 Å². The van der Waals surface area contributed by atoms with Crippen LogP contribution in [0.25, 0.3) is 0 Å². The van der Waals surface area contributed by atoms with E-state index in [-0.39, 0.29) is 5.82 Å². The van der Waals surface area contributed by atoms with Crippen LogP contribution >= 0.6 is 0 Å². The Morgan fingerprint density at radius 2 is 2.17 bits per heavy atom. The molecule has 2 aromatic rings. The second-order valence-electron chi connectivity index (χ2n) is 3.84. The van der Waals surface area contributed by atoms with Gasteiger partial charge in [0.2, 0.25) is 0 Å². The molecule has 0 spiro atoms. The van der Waals surface area contributed by atoms with Crippen LogP contribution in [-0.2, 0) is 6.54 Å². The summed E-state index contributed by atoms with van der Waals surface area (Å²) in [4.78, 5) is 0. The highest BCUT2D eigenvalue weighted by atomic mass is 19.1. The molecule has 0 saturated carbocycles. The van der Waals surface area contributed by atoms with Crippen molar-refractivity contribution in [2.75, 3.05) is 5.32 Å². The summed E-state index contributed by atoms with van der Waals surface area (Å²) in [6.07, 6.45) is 3.48. The Labute approximate surface area is 105 Å². The molecule has 0 aliphatic rings. The number of nitrogens with one attached hydrogen (secondary N) is 1. The van der Waals surface area contributed by atoms with Crippen molar-refractivity contribution in [2.24, 2.45) is 0 Å². The Morgan fingerprint density at radius 3 is 2.72 bits per heavy atom. The average Bonchev–Trinajstić information content (AvgIpc) is 2.87. The van der Waals surface area contributed by atoms with Gasteiger partial charge in [0.15, 0.2) is 0 Å². The number of hydrogen-bond donors (Lipinski definition) is 1. The lowest BCUT2D eigenvalue weighted by molar-refractivity contribution is 0.628. The number of nitrogens with zero attached hydrogens (tertiary/aromatic N) is 3. The molecule has 0 aliphatic carbocycles. The second-order valence-corrected chi connectivity index (χ2v) is 3.84. The molecule has 0 saturated heterocycles. The number of aryl methyl sites for hydroxylation is 1. The maximum absolute atomic E-state index is 12.8. The van der Waals surface area contributed by atoms with E-state index < -0.39 is 6.04 Å². The van der Waals surface area contributed by atoms with Gasteiger partial charge in [-0.25, -0.2) is 4.39 Å². The number of rotatable bonds is 4. The quantitative estimate of drug-likeness (QED) is 0.899. The molecule has 0 fully saturated rings. The molecule has 5 heteroatoms. The highest BCUT2D eigenvalue weighted by Crippen LogP contribution is 2.18. The van der Waals surface area contributed by atoms with Gasteiger partial charge in [-0.1, -0.05) is 0 Å². The predicted molar refractivity (Wildman–Crippen MR) is 66.3 cm³/mol. The van der Waals surface area contributed by atoms with Gasteiger partial charge in [0.25, 0.3) is 0 Å².